The first kappa shape index (κ1) is 18.3. The van der Waals surface area contributed by atoms with Crippen LogP contribution in [0.3, 0.4) is 0 Å². The van der Waals surface area contributed by atoms with Gasteiger partial charge in [0.15, 0.2) is 12.4 Å². The van der Waals surface area contributed by atoms with E-state index in [4.69, 9.17) is 4.98 Å². The standard InChI is InChI=1S/C25H22N4O/c30-25(29-16-14-28(15-17-29)20-10-12-26-13-11-20)22-18-24(19-6-2-1-3-7-19)27-23-9-5-4-8-21(22)23/h1-13,18H,14-17H2/p+1. The molecule has 30 heavy (non-hydrogen) atoms. The first-order chi connectivity index (χ1) is 14.8. The smallest absolute Gasteiger partial charge is 0.254 e. The Morgan fingerprint density at radius 3 is 2.30 bits per heavy atom. The van der Waals surface area contributed by atoms with Crippen LogP contribution in [-0.4, -0.2) is 42.0 Å². The van der Waals surface area contributed by atoms with Gasteiger partial charge in [0.25, 0.3) is 5.91 Å². The second-order valence-electron chi connectivity index (χ2n) is 7.48. The quantitative estimate of drug-likeness (QED) is 0.532. The van der Waals surface area contributed by atoms with Crippen LogP contribution >= 0.6 is 0 Å². The number of carbonyl (C=O) groups is 1. The van der Waals surface area contributed by atoms with Gasteiger partial charge in [-0.1, -0.05) is 48.5 Å². The Hall–Kier alpha value is -3.73. The molecule has 0 aliphatic carbocycles. The highest BCUT2D eigenvalue weighted by molar-refractivity contribution is 6.07. The van der Waals surface area contributed by atoms with Crippen LogP contribution in [0.15, 0.2) is 85.2 Å². The minimum Gasteiger partial charge on any atom is -0.368 e. The minimum absolute atomic E-state index is 0.0758. The molecule has 1 aliphatic heterocycles. The summed E-state index contributed by atoms with van der Waals surface area (Å²) in [5.41, 5.74) is 4.60. The van der Waals surface area contributed by atoms with E-state index in [1.807, 2.05) is 78.0 Å². The number of amides is 1. The Morgan fingerprint density at radius 1 is 0.833 bits per heavy atom. The SMILES string of the molecule is O=C(c1cc(-c2ccccc2)nc2ccccc12)N1CCN(c2cc[nH+]cc2)CC1. The number of fused-ring (bicyclic) bond motifs is 1. The summed E-state index contributed by atoms with van der Waals surface area (Å²) in [6.07, 6.45) is 3.86. The molecule has 0 saturated carbocycles. The van der Waals surface area contributed by atoms with Crippen LogP contribution in [0.4, 0.5) is 5.69 Å². The lowest BCUT2D eigenvalue weighted by Crippen LogP contribution is -2.48. The Labute approximate surface area is 175 Å². The molecule has 1 fully saturated rings. The highest BCUT2D eigenvalue weighted by atomic mass is 16.2. The van der Waals surface area contributed by atoms with E-state index in [-0.39, 0.29) is 5.91 Å². The van der Waals surface area contributed by atoms with E-state index in [2.05, 4.69) is 22.0 Å². The molecule has 148 valence electrons. The number of nitrogens with one attached hydrogen (secondary N) is 1. The van der Waals surface area contributed by atoms with Crippen LogP contribution in [0.5, 0.6) is 0 Å². The molecule has 1 N–H and O–H groups in total. The fourth-order valence-corrected chi connectivity index (χ4v) is 4.04. The number of pyridine rings is 2. The monoisotopic (exact) mass is 395 g/mol. The molecule has 0 atom stereocenters. The topological polar surface area (TPSA) is 50.6 Å². The lowest BCUT2D eigenvalue weighted by atomic mass is 10.0. The molecule has 4 aromatic rings. The van der Waals surface area contributed by atoms with Gasteiger partial charge in [0.05, 0.1) is 16.8 Å². The average Bonchev–Trinajstić information content (AvgIpc) is 2.84. The van der Waals surface area contributed by atoms with Crippen molar-refractivity contribution in [3.05, 3.63) is 90.8 Å². The maximum absolute atomic E-state index is 13.5. The fourth-order valence-electron chi connectivity index (χ4n) is 4.04. The van der Waals surface area contributed by atoms with Crippen molar-refractivity contribution in [1.82, 2.24) is 9.88 Å². The van der Waals surface area contributed by atoms with Crippen LogP contribution < -0.4 is 9.88 Å². The van der Waals surface area contributed by atoms with E-state index in [1.165, 1.54) is 5.69 Å². The molecular weight excluding hydrogens is 372 g/mol. The number of para-hydroxylation sites is 1. The summed E-state index contributed by atoms with van der Waals surface area (Å²) in [5, 5.41) is 0.906. The number of H-pyrrole nitrogens is 1. The van der Waals surface area contributed by atoms with E-state index in [9.17, 15) is 4.79 Å². The maximum atomic E-state index is 13.5. The van der Waals surface area contributed by atoms with E-state index in [0.717, 1.165) is 40.8 Å². The zero-order valence-corrected chi connectivity index (χ0v) is 16.7. The average molecular weight is 395 g/mol. The number of aromatic nitrogens is 2. The molecular formula is C25H23N4O+. The first-order valence-corrected chi connectivity index (χ1v) is 10.3. The number of hydrogen-bond acceptors (Lipinski definition) is 3. The van der Waals surface area contributed by atoms with Crippen molar-refractivity contribution in [2.24, 2.45) is 0 Å². The molecule has 1 saturated heterocycles. The Kier molecular flexibility index (Phi) is 4.85. The largest absolute Gasteiger partial charge is 0.368 e. The van der Waals surface area contributed by atoms with Crippen molar-refractivity contribution in [3.63, 3.8) is 0 Å². The van der Waals surface area contributed by atoms with Crippen molar-refractivity contribution in [1.29, 1.82) is 0 Å². The van der Waals surface area contributed by atoms with E-state index < -0.39 is 0 Å². The van der Waals surface area contributed by atoms with E-state index >= 15 is 0 Å². The number of aromatic amines is 1. The number of nitrogens with zero attached hydrogens (tertiary/aromatic N) is 3. The summed E-state index contributed by atoms with van der Waals surface area (Å²) in [6.45, 7) is 3.05. The molecule has 0 unspecified atom stereocenters. The predicted molar refractivity (Wildman–Crippen MR) is 118 cm³/mol. The summed E-state index contributed by atoms with van der Waals surface area (Å²) in [4.78, 5) is 25.7. The van der Waals surface area contributed by atoms with Crippen molar-refractivity contribution in [2.45, 2.75) is 0 Å². The number of rotatable bonds is 3. The molecule has 2 aromatic heterocycles. The van der Waals surface area contributed by atoms with Crippen LogP contribution in [0.25, 0.3) is 22.2 Å². The molecule has 5 nitrogen and oxygen atoms in total. The van der Waals surface area contributed by atoms with Gasteiger partial charge >= 0.3 is 0 Å². The molecule has 3 heterocycles. The summed E-state index contributed by atoms with van der Waals surface area (Å²) >= 11 is 0. The molecule has 2 aromatic carbocycles. The summed E-state index contributed by atoms with van der Waals surface area (Å²) in [5.74, 6) is 0.0758. The van der Waals surface area contributed by atoms with Gasteiger partial charge in [-0.3, -0.25) is 4.79 Å². The van der Waals surface area contributed by atoms with Crippen LogP contribution in [0.2, 0.25) is 0 Å². The zero-order valence-electron chi connectivity index (χ0n) is 16.7. The number of piperazine rings is 1. The molecule has 1 amide bonds. The third kappa shape index (κ3) is 3.50. The third-order valence-corrected chi connectivity index (χ3v) is 5.65. The number of carbonyl (C=O) groups excluding carboxylic acids is 1. The normalized spacial score (nSPS) is 14.1. The predicted octanol–water partition coefficient (Wildman–Crippen LogP) is 3.68. The second-order valence-corrected chi connectivity index (χ2v) is 7.48. The maximum Gasteiger partial charge on any atom is 0.254 e. The van der Waals surface area contributed by atoms with Crippen molar-refractivity contribution in [3.8, 4) is 11.3 Å². The Bertz CT molecular complexity index is 1170. The molecule has 0 radical (unpaired) electrons. The fraction of sp³-hybridized carbons (Fsp3) is 0.160. The van der Waals surface area contributed by atoms with Crippen LogP contribution in [-0.2, 0) is 0 Å². The third-order valence-electron chi connectivity index (χ3n) is 5.65. The lowest BCUT2D eigenvalue weighted by Gasteiger charge is -2.36. The van der Waals surface area contributed by atoms with Crippen LogP contribution in [0, 0.1) is 0 Å². The van der Waals surface area contributed by atoms with Gasteiger partial charge in [-0.15, -0.1) is 0 Å². The van der Waals surface area contributed by atoms with E-state index in [0.29, 0.717) is 13.1 Å². The van der Waals surface area contributed by atoms with E-state index in [1.54, 1.807) is 0 Å². The molecule has 1 aliphatic rings. The van der Waals surface area contributed by atoms with Crippen molar-refractivity contribution < 1.29 is 9.78 Å². The summed E-state index contributed by atoms with van der Waals surface area (Å²) < 4.78 is 0. The summed E-state index contributed by atoms with van der Waals surface area (Å²) in [6, 6.07) is 24.0. The van der Waals surface area contributed by atoms with Gasteiger partial charge in [-0.2, -0.15) is 0 Å². The Balaban J connectivity index is 1.45. The highest BCUT2D eigenvalue weighted by Gasteiger charge is 2.24. The van der Waals surface area contributed by atoms with Gasteiger partial charge in [0.1, 0.15) is 0 Å². The molecule has 0 bridgehead atoms. The highest BCUT2D eigenvalue weighted by Crippen LogP contribution is 2.26. The van der Waals surface area contributed by atoms with Crippen molar-refractivity contribution >= 4 is 22.5 Å². The summed E-state index contributed by atoms with van der Waals surface area (Å²) in [7, 11) is 0. The zero-order chi connectivity index (χ0) is 20.3. The number of anilines is 1. The van der Waals surface area contributed by atoms with Gasteiger partial charge in [0.2, 0.25) is 0 Å². The van der Waals surface area contributed by atoms with Gasteiger partial charge in [-0.25, -0.2) is 9.97 Å². The van der Waals surface area contributed by atoms with Gasteiger partial charge < -0.3 is 9.80 Å². The lowest BCUT2D eigenvalue weighted by molar-refractivity contribution is -0.377. The van der Waals surface area contributed by atoms with Crippen LogP contribution in [0.1, 0.15) is 10.4 Å². The van der Waals surface area contributed by atoms with Gasteiger partial charge in [0, 0.05) is 54.9 Å². The first-order valence-electron chi connectivity index (χ1n) is 10.3. The number of hydrogen-bond donors (Lipinski definition) is 0. The van der Waals surface area contributed by atoms with Gasteiger partial charge in [-0.05, 0) is 12.1 Å². The molecule has 5 heteroatoms. The Morgan fingerprint density at radius 2 is 1.53 bits per heavy atom. The minimum atomic E-state index is 0.0758. The second kappa shape index (κ2) is 7.95. The molecule has 0 spiro atoms. The molecule has 5 rings (SSSR count). The number of benzene rings is 2. The van der Waals surface area contributed by atoms with Crippen molar-refractivity contribution in [2.75, 3.05) is 31.1 Å².